The van der Waals surface area contributed by atoms with Gasteiger partial charge in [0.25, 0.3) is 11.8 Å². The molecule has 2 amide bonds. The lowest BCUT2D eigenvalue weighted by atomic mass is 10.1. The molecule has 37 heavy (non-hydrogen) atoms. The average Bonchev–Trinajstić information content (AvgIpc) is 3.45. The molecule has 0 bridgehead atoms. The van der Waals surface area contributed by atoms with Crippen LogP contribution >= 0.6 is 0 Å². The second-order valence-electron chi connectivity index (χ2n) is 8.35. The van der Waals surface area contributed by atoms with E-state index in [1.165, 1.54) is 0 Å². The molecule has 182 valence electrons. The number of aromatic nitrogens is 2. The molecule has 0 aliphatic heterocycles. The van der Waals surface area contributed by atoms with Crippen LogP contribution in [0.25, 0.3) is 22.9 Å². The molecular weight excluding hydrogens is 464 g/mol. The summed E-state index contributed by atoms with van der Waals surface area (Å²) in [6, 6.07) is 33.3. The Labute approximate surface area is 214 Å². The van der Waals surface area contributed by atoms with Gasteiger partial charge in [-0.3, -0.25) is 9.59 Å². The first-order valence-corrected chi connectivity index (χ1v) is 11.9. The SMILES string of the molecule is O=C(Nc1ccccc1C(=O)NCCc1ccccc1)c1ccc(-c2nnc(-c3ccccc3)o2)cc1. The third kappa shape index (κ3) is 5.79. The third-order valence-corrected chi connectivity index (χ3v) is 5.80. The zero-order valence-corrected chi connectivity index (χ0v) is 19.9. The number of benzene rings is 4. The first-order chi connectivity index (χ1) is 18.2. The standard InChI is InChI=1S/C30H24N4O3/c35-27(22-15-17-24(18-16-22)30-34-33-29(37-30)23-11-5-2-6-12-23)32-26-14-8-7-13-25(26)28(36)31-20-19-21-9-3-1-4-10-21/h1-18H,19-20H2,(H,31,36)(H,32,35). The van der Waals surface area contributed by atoms with Gasteiger partial charge in [-0.25, -0.2) is 0 Å². The largest absolute Gasteiger partial charge is 0.416 e. The van der Waals surface area contributed by atoms with Gasteiger partial charge in [0.1, 0.15) is 0 Å². The van der Waals surface area contributed by atoms with Crippen LogP contribution in [0, 0.1) is 0 Å². The summed E-state index contributed by atoms with van der Waals surface area (Å²) in [6.45, 7) is 0.494. The molecule has 2 N–H and O–H groups in total. The van der Waals surface area contributed by atoms with Gasteiger partial charge in [-0.15, -0.1) is 10.2 Å². The van der Waals surface area contributed by atoms with Gasteiger partial charge < -0.3 is 15.1 Å². The molecular formula is C30H24N4O3. The van der Waals surface area contributed by atoms with Gasteiger partial charge >= 0.3 is 0 Å². The van der Waals surface area contributed by atoms with Crippen LogP contribution in [0.5, 0.6) is 0 Å². The van der Waals surface area contributed by atoms with E-state index >= 15 is 0 Å². The van der Waals surface area contributed by atoms with Gasteiger partial charge in [0.2, 0.25) is 11.8 Å². The number of amides is 2. The summed E-state index contributed by atoms with van der Waals surface area (Å²) in [4.78, 5) is 25.7. The Balaban J connectivity index is 1.23. The first-order valence-electron chi connectivity index (χ1n) is 11.9. The first kappa shape index (κ1) is 23.7. The molecule has 7 heteroatoms. The highest BCUT2D eigenvalue weighted by atomic mass is 16.4. The number of carbonyl (C=O) groups excluding carboxylic acids is 2. The minimum Gasteiger partial charge on any atom is -0.416 e. The second-order valence-corrected chi connectivity index (χ2v) is 8.35. The topological polar surface area (TPSA) is 97.1 Å². The van der Waals surface area contributed by atoms with E-state index in [-0.39, 0.29) is 11.8 Å². The molecule has 0 unspecified atom stereocenters. The molecule has 0 saturated carbocycles. The number of anilines is 1. The van der Waals surface area contributed by atoms with Gasteiger partial charge in [0.05, 0.1) is 11.3 Å². The van der Waals surface area contributed by atoms with Crippen molar-refractivity contribution in [2.24, 2.45) is 0 Å². The Morgan fingerprint density at radius 2 is 1.24 bits per heavy atom. The number of hydrogen-bond acceptors (Lipinski definition) is 5. The number of hydrogen-bond donors (Lipinski definition) is 2. The van der Waals surface area contributed by atoms with Crippen molar-refractivity contribution >= 4 is 17.5 Å². The smallest absolute Gasteiger partial charge is 0.255 e. The van der Waals surface area contributed by atoms with Crippen molar-refractivity contribution in [2.45, 2.75) is 6.42 Å². The second kappa shape index (κ2) is 11.1. The van der Waals surface area contributed by atoms with Gasteiger partial charge in [-0.2, -0.15) is 0 Å². The third-order valence-electron chi connectivity index (χ3n) is 5.80. The lowest BCUT2D eigenvalue weighted by Crippen LogP contribution is -2.27. The maximum Gasteiger partial charge on any atom is 0.255 e. The lowest BCUT2D eigenvalue weighted by Gasteiger charge is -2.12. The lowest BCUT2D eigenvalue weighted by molar-refractivity contribution is 0.0955. The predicted octanol–water partition coefficient (Wildman–Crippen LogP) is 5.63. The van der Waals surface area contributed by atoms with Crippen molar-refractivity contribution in [3.05, 3.63) is 126 Å². The van der Waals surface area contributed by atoms with Crippen molar-refractivity contribution < 1.29 is 14.0 Å². The van der Waals surface area contributed by atoms with E-state index in [1.54, 1.807) is 48.5 Å². The van der Waals surface area contributed by atoms with Gasteiger partial charge in [0.15, 0.2) is 0 Å². The minimum absolute atomic E-state index is 0.243. The molecule has 0 aliphatic carbocycles. The van der Waals surface area contributed by atoms with Crippen LogP contribution in [0.1, 0.15) is 26.3 Å². The van der Waals surface area contributed by atoms with Crippen LogP contribution in [0.15, 0.2) is 114 Å². The quantitative estimate of drug-likeness (QED) is 0.295. The molecule has 7 nitrogen and oxygen atoms in total. The van der Waals surface area contributed by atoms with E-state index in [2.05, 4.69) is 20.8 Å². The van der Waals surface area contributed by atoms with Crippen molar-refractivity contribution in [1.29, 1.82) is 0 Å². The highest BCUT2D eigenvalue weighted by Crippen LogP contribution is 2.24. The number of nitrogens with zero attached hydrogens (tertiary/aromatic N) is 2. The highest BCUT2D eigenvalue weighted by molar-refractivity contribution is 6.09. The van der Waals surface area contributed by atoms with Crippen molar-refractivity contribution in [3.8, 4) is 22.9 Å². The molecule has 5 rings (SSSR count). The Morgan fingerprint density at radius 1 is 0.649 bits per heavy atom. The molecule has 0 aliphatic rings. The fourth-order valence-electron chi connectivity index (χ4n) is 3.85. The summed E-state index contributed by atoms with van der Waals surface area (Å²) in [6.07, 6.45) is 0.723. The molecule has 5 aromatic rings. The molecule has 4 aromatic carbocycles. The zero-order chi connectivity index (χ0) is 25.5. The fourth-order valence-corrected chi connectivity index (χ4v) is 3.85. The predicted molar refractivity (Wildman–Crippen MR) is 142 cm³/mol. The van der Waals surface area contributed by atoms with Gasteiger partial charge in [-0.05, 0) is 60.5 Å². The number of carbonyl (C=O) groups is 2. The van der Waals surface area contributed by atoms with Gasteiger partial charge in [0, 0.05) is 23.2 Å². The normalized spacial score (nSPS) is 10.6. The number of nitrogens with one attached hydrogen (secondary N) is 2. The molecule has 1 heterocycles. The highest BCUT2D eigenvalue weighted by Gasteiger charge is 2.15. The van der Waals surface area contributed by atoms with E-state index in [0.717, 1.165) is 17.5 Å². The van der Waals surface area contributed by atoms with E-state index < -0.39 is 0 Å². The fraction of sp³-hybridized carbons (Fsp3) is 0.0667. The maximum absolute atomic E-state index is 12.9. The summed E-state index contributed by atoms with van der Waals surface area (Å²) in [5.74, 6) is 0.221. The summed E-state index contributed by atoms with van der Waals surface area (Å²) < 4.78 is 5.79. The summed E-state index contributed by atoms with van der Waals surface area (Å²) >= 11 is 0. The summed E-state index contributed by atoms with van der Waals surface area (Å²) in [7, 11) is 0. The van der Waals surface area contributed by atoms with Crippen LogP contribution in [-0.4, -0.2) is 28.6 Å². The molecule has 1 aromatic heterocycles. The van der Waals surface area contributed by atoms with E-state index in [1.807, 2.05) is 60.7 Å². The maximum atomic E-state index is 12.9. The average molecular weight is 489 g/mol. The van der Waals surface area contributed by atoms with Crippen LogP contribution < -0.4 is 10.6 Å². The molecule has 0 atom stereocenters. The zero-order valence-electron chi connectivity index (χ0n) is 19.9. The van der Waals surface area contributed by atoms with Crippen molar-refractivity contribution in [3.63, 3.8) is 0 Å². The van der Waals surface area contributed by atoms with Crippen molar-refractivity contribution in [2.75, 3.05) is 11.9 Å². The summed E-state index contributed by atoms with van der Waals surface area (Å²) in [5, 5.41) is 14.0. The Kier molecular flexibility index (Phi) is 7.13. The molecule has 0 radical (unpaired) electrons. The van der Waals surface area contributed by atoms with Crippen LogP contribution in [0.4, 0.5) is 5.69 Å². The number of rotatable bonds is 8. The van der Waals surface area contributed by atoms with E-state index in [0.29, 0.717) is 40.7 Å². The van der Waals surface area contributed by atoms with Crippen molar-refractivity contribution in [1.82, 2.24) is 15.5 Å². The molecule has 0 saturated heterocycles. The summed E-state index contributed by atoms with van der Waals surface area (Å²) in [5.41, 5.74) is 3.96. The van der Waals surface area contributed by atoms with E-state index in [9.17, 15) is 9.59 Å². The Bertz CT molecular complexity index is 1500. The van der Waals surface area contributed by atoms with Crippen LogP contribution in [-0.2, 0) is 6.42 Å². The van der Waals surface area contributed by atoms with Crippen LogP contribution in [0.3, 0.4) is 0 Å². The molecule has 0 spiro atoms. The monoisotopic (exact) mass is 488 g/mol. The Morgan fingerprint density at radius 3 is 1.95 bits per heavy atom. The van der Waals surface area contributed by atoms with Gasteiger partial charge in [-0.1, -0.05) is 60.7 Å². The Hall–Kier alpha value is -5.04. The molecule has 0 fully saturated rings. The van der Waals surface area contributed by atoms with Crippen LogP contribution in [0.2, 0.25) is 0 Å². The number of para-hydroxylation sites is 1. The minimum atomic E-state index is -0.327. The van der Waals surface area contributed by atoms with E-state index in [4.69, 9.17) is 4.42 Å².